The van der Waals surface area contributed by atoms with E-state index in [1.54, 1.807) is 6.20 Å². The van der Waals surface area contributed by atoms with E-state index in [1.807, 2.05) is 0 Å². The fourth-order valence-corrected chi connectivity index (χ4v) is 1.60. The van der Waals surface area contributed by atoms with Gasteiger partial charge < -0.3 is 14.6 Å². The van der Waals surface area contributed by atoms with Crippen LogP contribution >= 0.6 is 0 Å². The summed E-state index contributed by atoms with van der Waals surface area (Å²) in [6.07, 6.45) is 4.36. The van der Waals surface area contributed by atoms with Gasteiger partial charge in [0.15, 0.2) is 12.0 Å². The largest absolute Gasteiger partial charge is 0.378 e. The van der Waals surface area contributed by atoms with Gasteiger partial charge in [0.25, 0.3) is 0 Å². The molecule has 77 valence electrons. The summed E-state index contributed by atoms with van der Waals surface area (Å²) in [6, 6.07) is 0. The maximum atomic E-state index is 5.27. The second kappa shape index (κ2) is 3.47. The average Bonchev–Trinajstić information content (AvgIpc) is 2.77. The monoisotopic (exact) mass is 204 g/mol. The SMILES string of the molecule is [c]1nc2cnc(N3CCOCC3)nc2[nH]1. The summed E-state index contributed by atoms with van der Waals surface area (Å²) in [7, 11) is 0. The van der Waals surface area contributed by atoms with Crippen molar-refractivity contribution in [1.82, 2.24) is 19.9 Å². The number of anilines is 1. The molecule has 0 spiro atoms. The number of hydrogen-bond donors (Lipinski definition) is 1. The zero-order chi connectivity index (χ0) is 10.1. The Balaban J connectivity index is 1.95. The van der Waals surface area contributed by atoms with Crippen molar-refractivity contribution in [2.45, 2.75) is 0 Å². The Morgan fingerprint density at radius 1 is 1.40 bits per heavy atom. The van der Waals surface area contributed by atoms with Crippen LogP contribution in [0.4, 0.5) is 5.95 Å². The van der Waals surface area contributed by atoms with Gasteiger partial charge in [0.2, 0.25) is 5.95 Å². The Labute approximate surface area is 86.3 Å². The number of nitrogens with zero attached hydrogens (tertiary/aromatic N) is 4. The number of hydrogen-bond acceptors (Lipinski definition) is 5. The quantitative estimate of drug-likeness (QED) is 0.707. The zero-order valence-electron chi connectivity index (χ0n) is 8.10. The number of aromatic nitrogens is 4. The van der Waals surface area contributed by atoms with Crippen molar-refractivity contribution < 1.29 is 4.74 Å². The number of H-pyrrole nitrogens is 1. The molecule has 1 radical (unpaired) electrons. The lowest BCUT2D eigenvalue weighted by Crippen LogP contribution is -2.37. The summed E-state index contributed by atoms with van der Waals surface area (Å²) in [6.45, 7) is 3.14. The molecule has 6 heteroatoms. The lowest BCUT2D eigenvalue weighted by molar-refractivity contribution is 0.122. The highest BCUT2D eigenvalue weighted by Gasteiger charge is 2.14. The van der Waals surface area contributed by atoms with Crippen molar-refractivity contribution in [1.29, 1.82) is 0 Å². The van der Waals surface area contributed by atoms with Crippen LogP contribution in [0.3, 0.4) is 0 Å². The topological polar surface area (TPSA) is 66.9 Å². The van der Waals surface area contributed by atoms with Crippen LogP contribution in [-0.2, 0) is 4.74 Å². The molecule has 1 fully saturated rings. The third-order valence-electron chi connectivity index (χ3n) is 2.40. The second-order valence-electron chi connectivity index (χ2n) is 3.35. The Hall–Kier alpha value is -1.69. The van der Waals surface area contributed by atoms with Gasteiger partial charge in [-0.3, -0.25) is 0 Å². The predicted molar refractivity (Wildman–Crippen MR) is 53.6 cm³/mol. The van der Waals surface area contributed by atoms with Gasteiger partial charge in [0, 0.05) is 13.1 Å². The number of ether oxygens (including phenoxy) is 1. The first-order valence-corrected chi connectivity index (χ1v) is 4.85. The molecule has 0 unspecified atom stereocenters. The van der Waals surface area contributed by atoms with Crippen LogP contribution in [0.2, 0.25) is 0 Å². The van der Waals surface area contributed by atoms with Gasteiger partial charge in [-0.15, -0.1) is 0 Å². The summed E-state index contributed by atoms with van der Waals surface area (Å²) in [5.74, 6) is 0.725. The molecule has 0 amide bonds. The summed E-state index contributed by atoms with van der Waals surface area (Å²) < 4.78 is 5.27. The van der Waals surface area contributed by atoms with Gasteiger partial charge >= 0.3 is 0 Å². The van der Waals surface area contributed by atoms with E-state index >= 15 is 0 Å². The summed E-state index contributed by atoms with van der Waals surface area (Å²) in [5.41, 5.74) is 1.47. The summed E-state index contributed by atoms with van der Waals surface area (Å²) in [5, 5.41) is 0. The first-order valence-electron chi connectivity index (χ1n) is 4.85. The number of fused-ring (bicyclic) bond motifs is 1. The van der Waals surface area contributed by atoms with Gasteiger partial charge in [-0.25, -0.2) is 9.97 Å². The first-order chi connectivity index (χ1) is 7.43. The molecule has 0 aliphatic carbocycles. The molecule has 1 aliphatic heterocycles. The number of aromatic amines is 1. The minimum absolute atomic E-state index is 0.725. The minimum atomic E-state index is 0.725. The molecule has 0 aromatic carbocycles. The van der Waals surface area contributed by atoms with Gasteiger partial charge in [-0.2, -0.15) is 4.98 Å². The van der Waals surface area contributed by atoms with Crippen LogP contribution < -0.4 is 4.90 Å². The smallest absolute Gasteiger partial charge is 0.227 e. The maximum Gasteiger partial charge on any atom is 0.227 e. The van der Waals surface area contributed by atoms with E-state index in [0.29, 0.717) is 0 Å². The van der Waals surface area contributed by atoms with E-state index in [9.17, 15) is 0 Å². The molecular formula is C9H10N5O. The van der Waals surface area contributed by atoms with Crippen LogP contribution in [0, 0.1) is 6.33 Å². The predicted octanol–water partition coefficient (Wildman–Crippen LogP) is -0.0103. The highest BCUT2D eigenvalue weighted by Crippen LogP contribution is 2.12. The van der Waals surface area contributed by atoms with E-state index in [2.05, 4.69) is 31.2 Å². The van der Waals surface area contributed by atoms with Gasteiger partial charge in [0.1, 0.15) is 5.52 Å². The number of morpholine rings is 1. The van der Waals surface area contributed by atoms with Crippen molar-refractivity contribution in [2.24, 2.45) is 0 Å². The van der Waals surface area contributed by atoms with Gasteiger partial charge in [0.05, 0.1) is 19.4 Å². The minimum Gasteiger partial charge on any atom is -0.378 e. The van der Waals surface area contributed by atoms with Crippen molar-refractivity contribution in [3.05, 3.63) is 12.5 Å². The molecule has 0 bridgehead atoms. The zero-order valence-corrected chi connectivity index (χ0v) is 8.10. The number of nitrogens with one attached hydrogen (secondary N) is 1. The van der Waals surface area contributed by atoms with Crippen molar-refractivity contribution in [3.8, 4) is 0 Å². The maximum absolute atomic E-state index is 5.27. The van der Waals surface area contributed by atoms with Gasteiger partial charge in [-0.1, -0.05) is 0 Å². The molecule has 2 aromatic rings. The molecule has 0 atom stereocenters. The molecule has 1 aliphatic rings. The fraction of sp³-hybridized carbons (Fsp3) is 0.444. The van der Waals surface area contributed by atoms with Crippen LogP contribution in [-0.4, -0.2) is 46.2 Å². The summed E-state index contributed by atoms with van der Waals surface area (Å²) in [4.78, 5) is 17.5. The molecule has 0 saturated carbocycles. The van der Waals surface area contributed by atoms with Crippen molar-refractivity contribution in [2.75, 3.05) is 31.2 Å². The fourth-order valence-electron chi connectivity index (χ4n) is 1.60. The highest BCUT2D eigenvalue weighted by molar-refractivity contribution is 5.69. The number of rotatable bonds is 1. The van der Waals surface area contributed by atoms with Gasteiger partial charge in [-0.05, 0) is 0 Å². The molecule has 1 saturated heterocycles. The molecule has 1 N–H and O–H groups in total. The standard InChI is InChI=1S/C9H10N5O/c1-3-15-4-2-14(1)9-10-5-7-8(13-9)12-6-11-7/h5H,1-4H2,(H,10,11,12,13). The highest BCUT2D eigenvalue weighted by atomic mass is 16.5. The first kappa shape index (κ1) is 8.60. The number of imidazole rings is 1. The lowest BCUT2D eigenvalue weighted by Gasteiger charge is -2.26. The van der Waals surface area contributed by atoms with E-state index in [4.69, 9.17) is 4.74 Å². The molecule has 6 nitrogen and oxygen atoms in total. The van der Waals surface area contributed by atoms with E-state index < -0.39 is 0 Å². The third kappa shape index (κ3) is 1.52. The van der Waals surface area contributed by atoms with E-state index in [-0.39, 0.29) is 0 Å². The average molecular weight is 204 g/mol. The van der Waals surface area contributed by atoms with E-state index in [1.165, 1.54) is 0 Å². The van der Waals surface area contributed by atoms with Crippen LogP contribution in [0.25, 0.3) is 11.2 Å². The Kier molecular flexibility index (Phi) is 1.99. The Bertz CT molecular complexity index is 462. The molecule has 15 heavy (non-hydrogen) atoms. The molecule has 3 heterocycles. The second-order valence-corrected chi connectivity index (χ2v) is 3.35. The lowest BCUT2D eigenvalue weighted by atomic mass is 10.4. The molecule has 3 rings (SSSR count). The molecular weight excluding hydrogens is 194 g/mol. The third-order valence-corrected chi connectivity index (χ3v) is 2.40. The van der Waals surface area contributed by atoms with Crippen LogP contribution in [0.5, 0.6) is 0 Å². The Morgan fingerprint density at radius 3 is 3.13 bits per heavy atom. The Morgan fingerprint density at radius 2 is 2.27 bits per heavy atom. The molecule has 2 aromatic heterocycles. The summed E-state index contributed by atoms with van der Waals surface area (Å²) >= 11 is 0. The van der Waals surface area contributed by atoms with E-state index in [0.717, 1.165) is 43.4 Å². The van der Waals surface area contributed by atoms with Crippen LogP contribution in [0.15, 0.2) is 6.20 Å². The van der Waals surface area contributed by atoms with Crippen molar-refractivity contribution in [3.63, 3.8) is 0 Å². The van der Waals surface area contributed by atoms with Crippen molar-refractivity contribution >= 4 is 17.1 Å². The normalized spacial score (nSPS) is 17.2. The van der Waals surface area contributed by atoms with Crippen LogP contribution in [0.1, 0.15) is 0 Å².